The van der Waals surface area contributed by atoms with E-state index in [0.29, 0.717) is 19.0 Å². The lowest BCUT2D eigenvalue weighted by atomic mass is 9.97. The standard InChI is InChI=1S/C15H14FN3O3S/c16-13-9-11(19(21)22)1-2-12(13)15(20)18-6-3-10(4-7-18)14-17-5-8-23-14/h1-2,5,8-10H,3-4,6-7H2. The summed E-state index contributed by atoms with van der Waals surface area (Å²) in [4.78, 5) is 28.2. The Balaban J connectivity index is 1.69. The second-order valence-electron chi connectivity index (χ2n) is 5.36. The summed E-state index contributed by atoms with van der Waals surface area (Å²) in [6.45, 7) is 1.05. The van der Waals surface area contributed by atoms with Crippen LogP contribution in [0.15, 0.2) is 29.8 Å². The number of carbonyl (C=O) groups is 1. The minimum Gasteiger partial charge on any atom is -0.339 e. The third-order valence-electron chi connectivity index (χ3n) is 3.98. The minimum absolute atomic E-state index is 0.122. The average Bonchev–Trinajstić information content (AvgIpc) is 3.08. The van der Waals surface area contributed by atoms with Gasteiger partial charge in [-0.25, -0.2) is 9.37 Å². The average molecular weight is 335 g/mol. The number of hydrogen-bond donors (Lipinski definition) is 0. The number of likely N-dealkylation sites (tertiary alicyclic amines) is 1. The predicted octanol–water partition coefficient (Wildman–Crippen LogP) is 3.21. The Morgan fingerprint density at radius 3 is 2.70 bits per heavy atom. The second kappa shape index (κ2) is 6.41. The molecule has 0 N–H and O–H groups in total. The first-order valence-corrected chi connectivity index (χ1v) is 8.07. The largest absolute Gasteiger partial charge is 0.339 e. The van der Waals surface area contributed by atoms with Gasteiger partial charge in [0.15, 0.2) is 0 Å². The van der Waals surface area contributed by atoms with Crippen molar-refractivity contribution in [1.29, 1.82) is 0 Å². The van der Waals surface area contributed by atoms with Crippen molar-refractivity contribution in [3.05, 3.63) is 56.3 Å². The molecule has 3 rings (SSSR count). The predicted molar refractivity (Wildman–Crippen MR) is 83.0 cm³/mol. The highest BCUT2D eigenvalue weighted by atomic mass is 32.1. The molecule has 120 valence electrons. The Hall–Kier alpha value is -2.35. The van der Waals surface area contributed by atoms with Gasteiger partial charge in [-0.3, -0.25) is 14.9 Å². The summed E-state index contributed by atoms with van der Waals surface area (Å²) >= 11 is 1.60. The van der Waals surface area contributed by atoms with Gasteiger partial charge in [-0.2, -0.15) is 0 Å². The molecule has 1 saturated heterocycles. The number of nitro groups is 1. The molecule has 2 heterocycles. The molecule has 0 unspecified atom stereocenters. The van der Waals surface area contributed by atoms with Crippen molar-refractivity contribution in [3.8, 4) is 0 Å². The number of amides is 1. The monoisotopic (exact) mass is 335 g/mol. The molecule has 8 heteroatoms. The summed E-state index contributed by atoms with van der Waals surface area (Å²) in [6, 6.07) is 3.12. The van der Waals surface area contributed by atoms with Gasteiger partial charge in [0.2, 0.25) is 0 Å². The number of hydrogen-bond acceptors (Lipinski definition) is 5. The van der Waals surface area contributed by atoms with E-state index in [-0.39, 0.29) is 11.3 Å². The van der Waals surface area contributed by atoms with E-state index in [4.69, 9.17) is 0 Å². The molecule has 1 aliphatic rings. The molecular formula is C15H14FN3O3S. The van der Waals surface area contributed by atoms with Gasteiger partial charge in [-0.05, 0) is 18.9 Å². The SMILES string of the molecule is O=C(c1ccc([N+](=O)[O-])cc1F)N1CCC(c2nccs2)CC1. The van der Waals surface area contributed by atoms with Crippen LogP contribution in [0.4, 0.5) is 10.1 Å². The lowest BCUT2D eigenvalue weighted by Crippen LogP contribution is -2.38. The van der Waals surface area contributed by atoms with Crippen LogP contribution in [-0.2, 0) is 0 Å². The van der Waals surface area contributed by atoms with Gasteiger partial charge in [0.25, 0.3) is 11.6 Å². The number of carbonyl (C=O) groups excluding carboxylic acids is 1. The van der Waals surface area contributed by atoms with Crippen LogP contribution in [-0.4, -0.2) is 33.8 Å². The third-order valence-corrected chi connectivity index (χ3v) is 4.91. The summed E-state index contributed by atoms with van der Waals surface area (Å²) in [5.41, 5.74) is -0.482. The molecule has 1 aromatic carbocycles. The van der Waals surface area contributed by atoms with Crippen LogP contribution in [0.25, 0.3) is 0 Å². The van der Waals surface area contributed by atoms with Crippen molar-refractivity contribution >= 4 is 22.9 Å². The molecule has 0 spiro atoms. The first-order chi connectivity index (χ1) is 11.1. The molecule has 0 radical (unpaired) electrons. The zero-order chi connectivity index (χ0) is 16.4. The van der Waals surface area contributed by atoms with E-state index in [0.717, 1.165) is 30.0 Å². The quantitative estimate of drug-likeness (QED) is 0.637. The number of rotatable bonds is 3. The highest BCUT2D eigenvalue weighted by Gasteiger charge is 2.27. The fraction of sp³-hybridized carbons (Fsp3) is 0.333. The van der Waals surface area contributed by atoms with Crippen LogP contribution in [0.1, 0.15) is 34.1 Å². The van der Waals surface area contributed by atoms with Crippen molar-refractivity contribution in [2.75, 3.05) is 13.1 Å². The van der Waals surface area contributed by atoms with E-state index in [9.17, 15) is 19.3 Å². The molecule has 6 nitrogen and oxygen atoms in total. The van der Waals surface area contributed by atoms with Crippen LogP contribution in [0.2, 0.25) is 0 Å². The highest BCUT2D eigenvalue weighted by molar-refractivity contribution is 7.09. The van der Waals surface area contributed by atoms with Crippen molar-refractivity contribution in [2.24, 2.45) is 0 Å². The first kappa shape index (κ1) is 15.5. The third kappa shape index (κ3) is 3.21. The molecular weight excluding hydrogens is 321 g/mol. The molecule has 0 bridgehead atoms. The number of halogens is 1. The molecule has 0 aliphatic carbocycles. The number of thiazole rings is 1. The number of benzene rings is 1. The van der Waals surface area contributed by atoms with Crippen LogP contribution in [0, 0.1) is 15.9 Å². The number of non-ortho nitro benzene ring substituents is 1. The summed E-state index contributed by atoms with van der Waals surface area (Å²) in [5.74, 6) is -0.943. The minimum atomic E-state index is -0.855. The lowest BCUT2D eigenvalue weighted by molar-refractivity contribution is -0.385. The number of nitro benzene ring substituents is 1. The molecule has 1 aliphatic heterocycles. The maximum Gasteiger partial charge on any atom is 0.272 e. The Bertz CT molecular complexity index is 728. The number of nitrogens with zero attached hydrogens (tertiary/aromatic N) is 3. The van der Waals surface area contributed by atoms with Crippen LogP contribution >= 0.6 is 11.3 Å². The van der Waals surface area contributed by atoms with Gasteiger partial charge in [0, 0.05) is 36.7 Å². The molecule has 0 saturated carbocycles. The van der Waals surface area contributed by atoms with Crippen molar-refractivity contribution < 1.29 is 14.1 Å². The van der Waals surface area contributed by atoms with Crippen LogP contribution in [0.5, 0.6) is 0 Å². The molecule has 23 heavy (non-hydrogen) atoms. The van der Waals surface area contributed by atoms with Crippen molar-refractivity contribution in [2.45, 2.75) is 18.8 Å². The summed E-state index contributed by atoms with van der Waals surface area (Å²) < 4.78 is 14.0. The Morgan fingerprint density at radius 1 is 1.39 bits per heavy atom. The van der Waals surface area contributed by atoms with Gasteiger partial charge in [-0.15, -0.1) is 11.3 Å². The van der Waals surface area contributed by atoms with Crippen molar-refractivity contribution in [3.63, 3.8) is 0 Å². The van der Waals surface area contributed by atoms with E-state index in [1.165, 1.54) is 6.07 Å². The van der Waals surface area contributed by atoms with E-state index < -0.39 is 16.6 Å². The Morgan fingerprint density at radius 2 is 2.13 bits per heavy atom. The van der Waals surface area contributed by atoms with Crippen LogP contribution in [0.3, 0.4) is 0 Å². The Kier molecular flexibility index (Phi) is 4.33. The molecule has 1 fully saturated rings. The van der Waals surface area contributed by atoms with Gasteiger partial charge in [-0.1, -0.05) is 0 Å². The molecule has 0 atom stereocenters. The van der Waals surface area contributed by atoms with Crippen molar-refractivity contribution in [1.82, 2.24) is 9.88 Å². The molecule has 2 aromatic rings. The topological polar surface area (TPSA) is 76.3 Å². The van der Waals surface area contributed by atoms with Gasteiger partial charge >= 0.3 is 0 Å². The van der Waals surface area contributed by atoms with E-state index in [1.54, 1.807) is 22.4 Å². The summed E-state index contributed by atoms with van der Waals surface area (Å²) in [5, 5.41) is 13.6. The van der Waals surface area contributed by atoms with E-state index in [2.05, 4.69) is 4.98 Å². The fourth-order valence-electron chi connectivity index (χ4n) is 2.73. The first-order valence-electron chi connectivity index (χ1n) is 7.19. The molecule has 1 aromatic heterocycles. The van der Waals surface area contributed by atoms with E-state index >= 15 is 0 Å². The molecule has 1 amide bonds. The smallest absolute Gasteiger partial charge is 0.272 e. The maximum atomic E-state index is 14.0. The maximum absolute atomic E-state index is 14.0. The number of piperidine rings is 1. The zero-order valence-corrected chi connectivity index (χ0v) is 13.0. The van der Waals surface area contributed by atoms with Crippen LogP contribution < -0.4 is 0 Å². The number of aromatic nitrogens is 1. The zero-order valence-electron chi connectivity index (χ0n) is 12.1. The lowest BCUT2D eigenvalue weighted by Gasteiger charge is -2.31. The van der Waals surface area contributed by atoms with Gasteiger partial charge in [0.05, 0.1) is 21.6 Å². The van der Waals surface area contributed by atoms with E-state index in [1.807, 2.05) is 5.38 Å². The summed E-state index contributed by atoms with van der Waals surface area (Å²) in [6.07, 6.45) is 3.34. The highest BCUT2D eigenvalue weighted by Crippen LogP contribution is 2.30. The fourth-order valence-corrected chi connectivity index (χ4v) is 3.54. The van der Waals surface area contributed by atoms with Gasteiger partial charge in [0.1, 0.15) is 5.82 Å². The normalized spacial score (nSPS) is 15.6. The van der Waals surface area contributed by atoms with Gasteiger partial charge < -0.3 is 4.90 Å². The second-order valence-corrected chi connectivity index (χ2v) is 6.28. The Labute approximate surface area is 135 Å². The summed E-state index contributed by atoms with van der Waals surface area (Å²) in [7, 11) is 0.